The predicted molar refractivity (Wildman–Crippen MR) is 93.9 cm³/mol. The normalized spacial score (nSPS) is 11.1. The first-order valence-corrected chi connectivity index (χ1v) is 7.75. The number of para-hydroxylation sites is 1. The monoisotopic (exact) mass is 316 g/mol. The minimum absolute atomic E-state index is 0.117. The third-order valence-corrected chi connectivity index (χ3v) is 4.28. The number of rotatable bonds is 2. The van der Waals surface area contributed by atoms with Gasteiger partial charge in [-0.1, -0.05) is 24.3 Å². The van der Waals surface area contributed by atoms with Crippen LogP contribution >= 0.6 is 0 Å². The van der Waals surface area contributed by atoms with Crippen LogP contribution in [0.3, 0.4) is 0 Å². The summed E-state index contributed by atoms with van der Waals surface area (Å²) in [5.41, 5.74) is 2.48. The Morgan fingerprint density at radius 3 is 2.38 bits per heavy atom. The summed E-state index contributed by atoms with van der Waals surface area (Å²) in [5, 5.41) is 5.89. The van der Waals surface area contributed by atoms with Crippen LogP contribution in [0.4, 0.5) is 0 Å². The van der Waals surface area contributed by atoms with E-state index in [0.717, 1.165) is 28.3 Å². The second-order valence-corrected chi connectivity index (χ2v) is 5.68. The highest BCUT2D eigenvalue weighted by molar-refractivity contribution is 5.87. The second kappa shape index (κ2) is 5.45. The molecule has 0 saturated carbocycles. The maximum atomic E-state index is 13.0. The quantitative estimate of drug-likeness (QED) is 0.571. The molecule has 4 aromatic rings. The molecule has 0 radical (unpaired) electrons. The molecule has 1 aromatic carbocycles. The molecule has 0 aliphatic rings. The minimum atomic E-state index is -0.117. The van der Waals surface area contributed by atoms with E-state index >= 15 is 0 Å². The highest BCUT2D eigenvalue weighted by Crippen LogP contribution is 2.25. The molecule has 0 fully saturated rings. The molecule has 0 bridgehead atoms. The van der Waals surface area contributed by atoms with E-state index in [1.54, 1.807) is 12.4 Å². The summed E-state index contributed by atoms with van der Waals surface area (Å²) in [6, 6.07) is 15.2. The van der Waals surface area contributed by atoms with Crippen molar-refractivity contribution in [3.63, 3.8) is 0 Å². The highest BCUT2D eigenvalue weighted by atomic mass is 16.1. The highest BCUT2D eigenvalue weighted by Gasteiger charge is 2.18. The smallest absolute Gasteiger partial charge is 0.281 e. The van der Waals surface area contributed by atoms with Crippen molar-refractivity contribution in [2.75, 3.05) is 0 Å². The zero-order chi connectivity index (χ0) is 16.7. The van der Waals surface area contributed by atoms with E-state index in [9.17, 15) is 4.79 Å². The molecule has 3 heterocycles. The van der Waals surface area contributed by atoms with Gasteiger partial charge >= 0.3 is 0 Å². The van der Waals surface area contributed by atoms with Gasteiger partial charge in [-0.2, -0.15) is 9.78 Å². The summed E-state index contributed by atoms with van der Waals surface area (Å²) in [7, 11) is 0. The molecule has 4 rings (SSSR count). The standard InChI is InChI=1S/C19H16N4O/c1-13-16-12-21-23(15-8-4-3-5-9-15)19(24)18(16)14(2)22(13)17-10-6-7-11-20-17/h3-12H,1-2H3. The molecule has 0 aliphatic heterocycles. The Labute approximate surface area is 138 Å². The summed E-state index contributed by atoms with van der Waals surface area (Å²) in [4.78, 5) is 17.4. The first-order chi connectivity index (χ1) is 11.7. The van der Waals surface area contributed by atoms with Gasteiger partial charge in [-0.15, -0.1) is 0 Å². The van der Waals surface area contributed by atoms with Gasteiger partial charge in [0.15, 0.2) is 0 Å². The molecule has 118 valence electrons. The zero-order valence-electron chi connectivity index (χ0n) is 13.5. The lowest BCUT2D eigenvalue weighted by Crippen LogP contribution is -2.21. The van der Waals surface area contributed by atoms with Crippen LogP contribution in [-0.2, 0) is 0 Å². The average Bonchev–Trinajstić information content (AvgIpc) is 2.88. The van der Waals surface area contributed by atoms with Gasteiger partial charge in [0.25, 0.3) is 5.56 Å². The lowest BCUT2D eigenvalue weighted by molar-refractivity contribution is 0.821. The van der Waals surface area contributed by atoms with Gasteiger partial charge in [-0.3, -0.25) is 4.79 Å². The number of hydrogen-bond donors (Lipinski definition) is 0. The molecule has 0 aliphatic carbocycles. The van der Waals surface area contributed by atoms with Gasteiger partial charge in [0.1, 0.15) is 5.82 Å². The molecule has 3 aromatic heterocycles. The van der Waals surface area contributed by atoms with Crippen molar-refractivity contribution in [2.45, 2.75) is 13.8 Å². The number of benzene rings is 1. The Morgan fingerprint density at radius 1 is 0.917 bits per heavy atom. The lowest BCUT2D eigenvalue weighted by Gasteiger charge is -2.07. The average molecular weight is 316 g/mol. The van der Waals surface area contributed by atoms with Crippen LogP contribution in [0, 0.1) is 13.8 Å². The summed E-state index contributed by atoms with van der Waals surface area (Å²) >= 11 is 0. The van der Waals surface area contributed by atoms with Crippen LogP contribution in [0.5, 0.6) is 0 Å². The fourth-order valence-electron chi connectivity index (χ4n) is 3.14. The first kappa shape index (κ1) is 14.4. The lowest BCUT2D eigenvalue weighted by atomic mass is 10.2. The minimum Gasteiger partial charge on any atom is -0.302 e. The molecular weight excluding hydrogens is 300 g/mol. The van der Waals surface area contributed by atoms with Crippen LogP contribution in [-0.4, -0.2) is 19.3 Å². The maximum Gasteiger partial charge on any atom is 0.281 e. The molecule has 0 spiro atoms. The van der Waals surface area contributed by atoms with Gasteiger partial charge in [0, 0.05) is 23.0 Å². The maximum absolute atomic E-state index is 13.0. The topological polar surface area (TPSA) is 52.7 Å². The van der Waals surface area contributed by atoms with Crippen molar-refractivity contribution in [3.05, 3.63) is 82.7 Å². The number of aromatic nitrogens is 4. The van der Waals surface area contributed by atoms with Crippen molar-refractivity contribution in [1.82, 2.24) is 19.3 Å². The van der Waals surface area contributed by atoms with E-state index in [4.69, 9.17) is 0 Å². The van der Waals surface area contributed by atoms with E-state index in [2.05, 4.69) is 10.1 Å². The van der Waals surface area contributed by atoms with Crippen LogP contribution in [0.25, 0.3) is 22.3 Å². The molecule has 5 nitrogen and oxygen atoms in total. The first-order valence-electron chi connectivity index (χ1n) is 7.75. The van der Waals surface area contributed by atoms with Gasteiger partial charge in [-0.25, -0.2) is 4.98 Å². The fourth-order valence-corrected chi connectivity index (χ4v) is 3.14. The summed E-state index contributed by atoms with van der Waals surface area (Å²) in [6.45, 7) is 3.93. The zero-order valence-corrected chi connectivity index (χ0v) is 13.5. The molecule has 0 amide bonds. The number of nitrogens with zero attached hydrogens (tertiary/aromatic N) is 4. The van der Waals surface area contributed by atoms with Crippen LogP contribution in [0.1, 0.15) is 11.4 Å². The largest absolute Gasteiger partial charge is 0.302 e. The van der Waals surface area contributed by atoms with Gasteiger partial charge in [-0.05, 0) is 38.1 Å². The van der Waals surface area contributed by atoms with Crippen molar-refractivity contribution >= 4 is 10.8 Å². The Morgan fingerprint density at radius 2 is 1.67 bits per heavy atom. The SMILES string of the molecule is Cc1c2cnn(-c3ccccc3)c(=O)c2c(C)n1-c1ccccn1. The van der Waals surface area contributed by atoms with Crippen LogP contribution in [0.15, 0.2) is 65.7 Å². The summed E-state index contributed by atoms with van der Waals surface area (Å²) in [6.07, 6.45) is 3.50. The Hall–Kier alpha value is -3.21. The fraction of sp³-hybridized carbons (Fsp3) is 0.105. The molecule has 0 N–H and O–H groups in total. The predicted octanol–water partition coefficient (Wildman–Crippen LogP) is 3.19. The van der Waals surface area contributed by atoms with E-state index < -0.39 is 0 Å². The van der Waals surface area contributed by atoms with E-state index in [0.29, 0.717) is 5.39 Å². The number of hydrogen-bond acceptors (Lipinski definition) is 3. The number of pyridine rings is 1. The summed E-state index contributed by atoms with van der Waals surface area (Å²) in [5.74, 6) is 0.800. The molecule has 5 heteroatoms. The molecule has 0 atom stereocenters. The number of fused-ring (bicyclic) bond motifs is 1. The Bertz CT molecular complexity index is 1080. The van der Waals surface area contributed by atoms with E-state index in [-0.39, 0.29) is 5.56 Å². The van der Waals surface area contributed by atoms with Gasteiger partial charge in [0.05, 0.1) is 17.3 Å². The third kappa shape index (κ3) is 2.06. The Balaban J connectivity index is 2.04. The van der Waals surface area contributed by atoms with Gasteiger partial charge in [0.2, 0.25) is 0 Å². The number of aryl methyl sites for hydroxylation is 2. The molecular formula is C19H16N4O. The molecule has 0 unspecified atom stereocenters. The van der Waals surface area contributed by atoms with Crippen LogP contribution < -0.4 is 5.56 Å². The molecule has 24 heavy (non-hydrogen) atoms. The van der Waals surface area contributed by atoms with Crippen molar-refractivity contribution in [2.24, 2.45) is 0 Å². The van der Waals surface area contributed by atoms with E-state index in [1.807, 2.05) is 66.9 Å². The van der Waals surface area contributed by atoms with Gasteiger partial charge < -0.3 is 4.57 Å². The van der Waals surface area contributed by atoms with Crippen molar-refractivity contribution < 1.29 is 0 Å². The second-order valence-electron chi connectivity index (χ2n) is 5.68. The van der Waals surface area contributed by atoms with Crippen LogP contribution in [0.2, 0.25) is 0 Å². The third-order valence-electron chi connectivity index (χ3n) is 4.28. The summed E-state index contributed by atoms with van der Waals surface area (Å²) < 4.78 is 3.45. The Kier molecular flexibility index (Phi) is 3.27. The van der Waals surface area contributed by atoms with E-state index in [1.165, 1.54) is 4.68 Å². The van der Waals surface area contributed by atoms with Crippen molar-refractivity contribution in [3.8, 4) is 11.5 Å². The molecule has 0 saturated heterocycles. The van der Waals surface area contributed by atoms with Crippen molar-refractivity contribution in [1.29, 1.82) is 0 Å².